The number of thiazole rings is 1. The van der Waals surface area contributed by atoms with E-state index >= 15 is 0 Å². The summed E-state index contributed by atoms with van der Waals surface area (Å²) in [5.41, 5.74) is 4.58. The van der Waals surface area contributed by atoms with Gasteiger partial charge < -0.3 is 14.2 Å². The number of ether oxygens (including phenoxy) is 3. The van der Waals surface area contributed by atoms with E-state index in [-0.39, 0.29) is 12.2 Å². The molecule has 5 aromatic rings. The van der Waals surface area contributed by atoms with Crippen molar-refractivity contribution in [3.05, 3.63) is 127 Å². The molecule has 0 bridgehead atoms. The highest BCUT2D eigenvalue weighted by Crippen LogP contribution is 2.32. The number of benzene rings is 3. The molecule has 0 N–H and O–H groups in total. The molecule has 1 atom stereocenters. The minimum absolute atomic E-state index is 0.204. The Morgan fingerprint density at radius 2 is 1.70 bits per heavy atom. The maximum atomic E-state index is 14.3. The average molecular weight is 649 g/mol. The normalized spacial score (nSPS) is 14.5. The summed E-state index contributed by atoms with van der Waals surface area (Å²) in [5, 5.41) is 4.95. The van der Waals surface area contributed by atoms with Gasteiger partial charge in [0.25, 0.3) is 5.56 Å². The Balaban J connectivity index is 1.49. The molecule has 0 saturated carbocycles. The fraction of sp³-hybridized carbons (Fsp3) is 0.243. The smallest absolute Gasteiger partial charge is 0.338 e. The Labute approximate surface area is 276 Å². The number of rotatable bonds is 11. The number of methoxy groups -OCH3 is 1. The van der Waals surface area contributed by atoms with Crippen LogP contribution in [0.2, 0.25) is 0 Å². The monoisotopic (exact) mass is 648 g/mol. The van der Waals surface area contributed by atoms with Crippen LogP contribution >= 0.6 is 11.3 Å². The van der Waals surface area contributed by atoms with Gasteiger partial charge in [0.1, 0.15) is 17.2 Å². The van der Waals surface area contributed by atoms with Crippen LogP contribution < -0.4 is 24.4 Å². The maximum absolute atomic E-state index is 14.3. The van der Waals surface area contributed by atoms with Crippen molar-refractivity contribution in [2.24, 2.45) is 4.99 Å². The lowest BCUT2D eigenvalue weighted by atomic mass is 9.96. The van der Waals surface area contributed by atoms with Crippen molar-refractivity contribution < 1.29 is 19.0 Å². The number of allylic oxidation sites excluding steroid dienone is 1. The second kappa shape index (κ2) is 14.0. The van der Waals surface area contributed by atoms with Gasteiger partial charge in [0.05, 0.1) is 47.9 Å². The van der Waals surface area contributed by atoms with Gasteiger partial charge in [0.2, 0.25) is 0 Å². The van der Waals surface area contributed by atoms with E-state index in [0.29, 0.717) is 33.0 Å². The predicted octanol–water partition coefficient (Wildman–Crippen LogP) is 5.84. The van der Waals surface area contributed by atoms with E-state index in [2.05, 4.69) is 6.92 Å². The summed E-state index contributed by atoms with van der Waals surface area (Å²) < 4.78 is 20.5. The Kier molecular flexibility index (Phi) is 9.49. The molecule has 3 aromatic carbocycles. The van der Waals surface area contributed by atoms with Crippen LogP contribution in [0.1, 0.15) is 50.8 Å². The summed E-state index contributed by atoms with van der Waals surface area (Å²) in [6.45, 7) is 6.53. The lowest BCUT2D eigenvalue weighted by Crippen LogP contribution is -2.39. The Hall–Kier alpha value is -5.22. The second-order valence-electron chi connectivity index (χ2n) is 11.0. The predicted molar refractivity (Wildman–Crippen MR) is 183 cm³/mol. The van der Waals surface area contributed by atoms with Gasteiger partial charge in [-0.3, -0.25) is 9.36 Å². The summed E-state index contributed by atoms with van der Waals surface area (Å²) >= 11 is 1.28. The van der Waals surface area contributed by atoms with Gasteiger partial charge >= 0.3 is 5.97 Å². The van der Waals surface area contributed by atoms with E-state index in [0.717, 1.165) is 46.7 Å². The molecule has 0 radical (unpaired) electrons. The highest BCUT2D eigenvalue weighted by Gasteiger charge is 2.33. The molecule has 1 aliphatic heterocycles. The molecule has 0 unspecified atom stereocenters. The molecule has 1 aliphatic rings. The van der Waals surface area contributed by atoms with Gasteiger partial charge in [-0.2, -0.15) is 5.10 Å². The summed E-state index contributed by atoms with van der Waals surface area (Å²) in [7, 11) is 1.59. The third kappa shape index (κ3) is 6.55. The van der Waals surface area contributed by atoms with Crippen molar-refractivity contribution in [2.75, 3.05) is 20.3 Å². The molecular weight excluding hydrogens is 612 g/mol. The number of para-hydroxylation sites is 1. The third-order valence-corrected chi connectivity index (χ3v) is 8.88. The molecule has 0 aliphatic carbocycles. The zero-order chi connectivity index (χ0) is 32.9. The van der Waals surface area contributed by atoms with Crippen molar-refractivity contribution in [3.63, 3.8) is 0 Å². The van der Waals surface area contributed by atoms with E-state index in [1.807, 2.05) is 95.8 Å². The van der Waals surface area contributed by atoms with Crippen molar-refractivity contribution in [1.82, 2.24) is 14.3 Å². The van der Waals surface area contributed by atoms with Crippen LogP contribution in [0.4, 0.5) is 0 Å². The zero-order valence-electron chi connectivity index (χ0n) is 26.8. The number of hydrogen-bond donors (Lipinski definition) is 0. The lowest BCUT2D eigenvalue weighted by molar-refractivity contribution is -0.139. The largest absolute Gasteiger partial charge is 0.497 e. The van der Waals surface area contributed by atoms with E-state index in [4.69, 9.17) is 24.3 Å². The standard InChI is InChI=1S/C37H36N4O5S/c1-5-7-21-46-30-19-13-25(14-20-30)33-27(23-40(39-33)28-11-9-8-10-12-28)22-31-35(42)41-34(26-15-17-29(44-4)18-16-26)32(36(43)45-6-2)24(3)38-37(41)47-31/h8-20,22-23,34H,5-7,21H2,1-4H3/b31-22-/t34-/m1/s1. The van der Waals surface area contributed by atoms with Crippen LogP contribution in [0, 0.1) is 0 Å². The molecule has 9 nitrogen and oxygen atoms in total. The number of carbonyl (C=O) groups excluding carboxylic acids is 1. The highest BCUT2D eigenvalue weighted by atomic mass is 32.1. The molecule has 240 valence electrons. The first-order valence-electron chi connectivity index (χ1n) is 15.6. The summed E-state index contributed by atoms with van der Waals surface area (Å²) in [6, 6.07) is 24.3. The Morgan fingerprint density at radius 3 is 2.38 bits per heavy atom. The van der Waals surface area contributed by atoms with E-state index in [1.165, 1.54) is 11.3 Å². The number of esters is 1. The van der Waals surface area contributed by atoms with Crippen LogP contribution in [0.15, 0.2) is 106 Å². The number of unbranched alkanes of at least 4 members (excludes halogenated alkanes) is 1. The van der Waals surface area contributed by atoms with Crippen molar-refractivity contribution in [2.45, 2.75) is 39.7 Å². The molecular formula is C37H36N4O5S. The minimum atomic E-state index is -0.717. The quantitative estimate of drug-likeness (QED) is 0.132. The summed E-state index contributed by atoms with van der Waals surface area (Å²) in [6.07, 6.45) is 5.83. The molecule has 0 amide bonds. The van der Waals surface area contributed by atoms with Gasteiger partial charge in [0.15, 0.2) is 4.80 Å². The molecule has 0 spiro atoms. The number of aromatic nitrogens is 3. The van der Waals surface area contributed by atoms with E-state index in [1.54, 1.807) is 25.5 Å². The SMILES string of the molecule is CCCCOc1ccc(-c2nn(-c3ccccc3)cc2/C=c2\sc3n(c2=O)[C@H](c2ccc(OC)cc2)C(C(=O)OCC)=C(C)N=3)cc1. The van der Waals surface area contributed by atoms with Crippen LogP contribution in [0.5, 0.6) is 11.5 Å². The Morgan fingerprint density at radius 1 is 0.979 bits per heavy atom. The number of hydrogen-bond acceptors (Lipinski definition) is 8. The topological polar surface area (TPSA) is 96.9 Å². The molecule has 6 rings (SSSR count). The van der Waals surface area contributed by atoms with E-state index < -0.39 is 12.0 Å². The number of nitrogens with zero attached hydrogens (tertiary/aromatic N) is 4. The van der Waals surface area contributed by atoms with Crippen molar-refractivity contribution in [3.8, 4) is 28.4 Å². The maximum Gasteiger partial charge on any atom is 0.338 e. The van der Waals surface area contributed by atoms with E-state index in [9.17, 15) is 9.59 Å². The second-order valence-corrected chi connectivity index (χ2v) is 12.0. The number of carbonyl (C=O) groups is 1. The lowest BCUT2D eigenvalue weighted by Gasteiger charge is -2.24. The first-order chi connectivity index (χ1) is 22.9. The highest BCUT2D eigenvalue weighted by molar-refractivity contribution is 7.07. The first kappa shape index (κ1) is 31.7. The van der Waals surface area contributed by atoms with Crippen molar-refractivity contribution >= 4 is 23.4 Å². The molecule has 2 aromatic heterocycles. The molecule has 0 fully saturated rings. The van der Waals surface area contributed by atoms with Gasteiger partial charge in [-0.15, -0.1) is 0 Å². The minimum Gasteiger partial charge on any atom is -0.497 e. The molecule has 47 heavy (non-hydrogen) atoms. The van der Waals surface area contributed by atoms with Gasteiger partial charge in [-0.1, -0.05) is 55.0 Å². The fourth-order valence-corrected chi connectivity index (χ4v) is 6.55. The molecule has 3 heterocycles. The fourth-order valence-electron chi connectivity index (χ4n) is 5.51. The number of fused-ring (bicyclic) bond motifs is 1. The summed E-state index contributed by atoms with van der Waals surface area (Å²) in [4.78, 5) is 32.8. The van der Waals surface area contributed by atoms with Crippen LogP contribution in [0.3, 0.4) is 0 Å². The van der Waals surface area contributed by atoms with Gasteiger partial charge in [-0.25, -0.2) is 14.5 Å². The molecule has 0 saturated heterocycles. The van der Waals surface area contributed by atoms with Crippen LogP contribution in [-0.4, -0.2) is 40.6 Å². The van der Waals surface area contributed by atoms with Gasteiger partial charge in [-0.05, 0) is 80.4 Å². The zero-order valence-corrected chi connectivity index (χ0v) is 27.6. The third-order valence-electron chi connectivity index (χ3n) is 7.89. The summed E-state index contributed by atoms with van der Waals surface area (Å²) in [5.74, 6) is 0.964. The molecule has 10 heteroatoms. The first-order valence-corrected chi connectivity index (χ1v) is 16.5. The van der Waals surface area contributed by atoms with Crippen LogP contribution in [-0.2, 0) is 9.53 Å². The van der Waals surface area contributed by atoms with Crippen molar-refractivity contribution in [1.29, 1.82) is 0 Å². The average Bonchev–Trinajstić information content (AvgIpc) is 3.65. The van der Waals surface area contributed by atoms with Crippen LogP contribution in [0.25, 0.3) is 23.0 Å². The Bertz CT molecular complexity index is 2090. The van der Waals surface area contributed by atoms with Gasteiger partial charge in [0, 0.05) is 17.3 Å².